The summed E-state index contributed by atoms with van der Waals surface area (Å²) in [6.07, 6.45) is 2.18. The van der Waals surface area contributed by atoms with E-state index in [-0.39, 0.29) is 5.97 Å². The lowest BCUT2D eigenvalue weighted by molar-refractivity contribution is 0.00299. The topological polar surface area (TPSA) is 73.6 Å². The van der Waals surface area contributed by atoms with Crippen molar-refractivity contribution in [1.29, 1.82) is 0 Å². The molecule has 2 rings (SSSR count). The van der Waals surface area contributed by atoms with Crippen LogP contribution in [0.2, 0.25) is 0 Å². The normalized spacial score (nSPS) is 21.6. The maximum Gasteiger partial charge on any atom is 0.340 e. The van der Waals surface area contributed by atoms with Crippen molar-refractivity contribution >= 4 is 17.3 Å². The second-order valence-electron chi connectivity index (χ2n) is 4.65. The van der Waals surface area contributed by atoms with Crippen LogP contribution in [-0.2, 0) is 9.47 Å². The van der Waals surface area contributed by atoms with E-state index in [9.17, 15) is 4.79 Å². The molecule has 0 radical (unpaired) electrons. The van der Waals surface area contributed by atoms with Crippen LogP contribution >= 0.6 is 0 Å². The molecule has 0 bridgehead atoms. The molecule has 0 atom stereocenters. The van der Waals surface area contributed by atoms with E-state index in [1.807, 2.05) is 6.92 Å². The minimum absolute atomic E-state index is 0.296. The fourth-order valence-electron chi connectivity index (χ4n) is 2.27. The molecule has 0 spiro atoms. The molecule has 0 heterocycles. The van der Waals surface area contributed by atoms with Gasteiger partial charge in [-0.25, -0.2) is 4.79 Å². The number of ether oxygens (including phenoxy) is 2. The van der Waals surface area contributed by atoms with Gasteiger partial charge in [-0.05, 0) is 31.9 Å². The second kappa shape index (κ2) is 5.93. The number of methoxy groups -OCH3 is 1. The van der Waals surface area contributed by atoms with Gasteiger partial charge in [-0.2, -0.15) is 0 Å². The Kier molecular flexibility index (Phi) is 4.27. The van der Waals surface area contributed by atoms with Crippen molar-refractivity contribution in [1.82, 2.24) is 0 Å². The molecule has 1 aliphatic rings. The summed E-state index contributed by atoms with van der Waals surface area (Å²) in [6.45, 7) is 2.73. The first-order chi connectivity index (χ1) is 9.15. The van der Waals surface area contributed by atoms with Crippen LogP contribution in [0.4, 0.5) is 11.4 Å². The summed E-state index contributed by atoms with van der Waals surface area (Å²) in [6, 6.07) is 5.53. The molecule has 1 aromatic rings. The molecule has 1 saturated carbocycles. The van der Waals surface area contributed by atoms with Crippen LogP contribution in [0.25, 0.3) is 0 Å². The van der Waals surface area contributed by atoms with E-state index >= 15 is 0 Å². The number of esters is 1. The molecule has 5 nitrogen and oxygen atoms in total. The van der Waals surface area contributed by atoms with Gasteiger partial charge in [0, 0.05) is 12.6 Å². The quantitative estimate of drug-likeness (QED) is 0.629. The largest absolute Gasteiger partial charge is 0.465 e. The number of rotatable bonds is 5. The van der Waals surface area contributed by atoms with Crippen molar-refractivity contribution in [3.63, 3.8) is 0 Å². The van der Waals surface area contributed by atoms with Crippen molar-refractivity contribution in [2.24, 2.45) is 0 Å². The predicted octanol–water partition coefficient (Wildman–Crippen LogP) is 2.03. The van der Waals surface area contributed by atoms with Crippen LogP contribution in [0.1, 0.15) is 30.1 Å². The minimum atomic E-state index is -0.379. The zero-order chi connectivity index (χ0) is 13.8. The number of benzene rings is 1. The van der Waals surface area contributed by atoms with Crippen molar-refractivity contribution in [3.8, 4) is 0 Å². The van der Waals surface area contributed by atoms with Gasteiger partial charge in [0.1, 0.15) is 0 Å². The number of para-hydroxylation sites is 1. The summed E-state index contributed by atoms with van der Waals surface area (Å²) in [5.41, 5.74) is 7.63. The zero-order valence-corrected chi connectivity index (χ0v) is 11.3. The molecule has 0 aromatic heterocycles. The summed E-state index contributed by atoms with van der Waals surface area (Å²) in [4.78, 5) is 11.7. The molecule has 19 heavy (non-hydrogen) atoms. The van der Waals surface area contributed by atoms with E-state index in [0.717, 1.165) is 19.4 Å². The number of carbonyl (C=O) groups is 1. The predicted molar refractivity (Wildman–Crippen MR) is 74.3 cm³/mol. The third-order valence-electron chi connectivity index (χ3n) is 3.35. The highest BCUT2D eigenvalue weighted by Crippen LogP contribution is 2.31. The second-order valence-corrected chi connectivity index (χ2v) is 4.65. The molecular formula is C14H20N2O3. The number of carbonyl (C=O) groups excluding carboxylic acids is 1. The molecule has 3 N–H and O–H groups in total. The Morgan fingerprint density at radius 3 is 2.84 bits per heavy atom. The third-order valence-corrected chi connectivity index (χ3v) is 3.35. The number of nitrogens with two attached hydrogens (primary N) is 1. The Morgan fingerprint density at radius 2 is 2.21 bits per heavy atom. The van der Waals surface area contributed by atoms with Gasteiger partial charge in [0.2, 0.25) is 0 Å². The summed E-state index contributed by atoms with van der Waals surface area (Å²) >= 11 is 0. The van der Waals surface area contributed by atoms with Gasteiger partial charge in [-0.1, -0.05) is 6.07 Å². The van der Waals surface area contributed by atoms with Crippen molar-refractivity contribution in [3.05, 3.63) is 23.8 Å². The van der Waals surface area contributed by atoms with E-state index in [1.165, 1.54) is 7.11 Å². The van der Waals surface area contributed by atoms with E-state index in [0.29, 0.717) is 29.1 Å². The lowest BCUT2D eigenvalue weighted by atomic mass is 9.88. The molecule has 5 heteroatoms. The van der Waals surface area contributed by atoms with Crippen LogP contribution in [0.5, 0.6) is 0 Å². The van der Waals surface area contributed by atoms with Crippen molar-refractivity contribution in [2.45, 2.75) is 31.9 Å². The minimum Gasteiger partial charge on any atom is -0.465 e. The fourth-order valence-corrected chi connectivity index (χ4v) is 2.27. The number of hydrogen-bond donors (Lipinski definition) is 2. The average molecular weight is 264 g/mol. The summed E-state index contributed by atoms with van der Waals surface area (Å²) in [5, 5.41) is 3.31. The first kappa shape index (κ1) is 13.7. The molecule has 1 aliphatic carbocycles. The zero-order valence-electron chi connectivity index (χ0n) is 11.3. The number of nitrogens with one attached hydrogen (secondary N) is 1. The maximum atomic E-state index is 11.7. The summed E-state index contributed by atoms with van der Waals surface area (Å²) in [7, 11) is 1.36. The van der Waals surface area contributed by atoms with Gasteiger partial charge in [-0.3, -0.25) is 0 Å². The molecule has 0 unspecified atom stereocenters. The molecule has 0 aliphatic heterocycles. The molecule has 104 valence electrons. The smallest absolute Gasteiger partial charge is 0.340 e. The van der Waals surface area contributed by atoms with Gasteiger partial charge in [0.05, 0.1) is 30.2 Å². The Balaban J connectivity index is 2.06. The van der Waals surface area contributed by atoms with Crippen LogP contribution < -0.4 is 11.1 Å². The SMILES string of the molecule is CCOC1CC(Nc2c(N)cccc2C(=O)OC)C1. The monoisotopic (exact) mass is 264 g/mol. The Morgan fingerprint density at radius 1 is 1.47 bits per heavy atom. The standard InChI is InChI=1S/C14H20N2O3/c1-3-19-10-7-9(8-10)16-13-11(14(17)18-2)5-4-6-12(13)15/h4-6,9-10,16H,3,7-8,15H2,1-2H3. The van der Waals surface area contributed by atoms with Crippen molar-refractivity contribution < 1.29 is 14.3 Å². The molecule has 1 fully saturated rings. The van der Waals surface area contributed by atoms with Gasteiger partial charge >= 0.3 is 5.97 Å². The van der Waals surface area contributed by atoms with E-state index < -0.39 is 0 Å². The Labute approximate surface area is 113 Å². The maximum absolute atomic E-state index is 11.7. The summed E-state index contributed by atoms with van der Waals surface area (Å²) in [5.74, 6) is -0.379. The first-order valence-corrected chi connectivity index (χ1v) is 6.50. The first-order valence-electron chi connectivity index (χ1n) is 6.50. The average Bonchev–Trinajstić information content (AvgIpc) is 2.37. The number of anilines is 2. The van der Waals surface area contributed by atoms with Gasteiger partial charge in [0.25, 0.3) is 0 Å². The number of hydrogen-bond acceptors (Lipinski definition) is 5. The van der Waals surface area contributed by atoms with E-state index in [4.69, 9.17) is 15.2 Å². The van der Waals surface area contributed by atoms with Gasteiger partial charge in [-0.15, -0.1) is 0 Å². The molecular weight excluding hydrogens is 244 g/mol. The Hall–Kier alpha value is -1.75. The molecule has 0 saturated heterocycles. The lowest BCUT2D eigenvalue weighted by Crippen LogP contribution is -2.41. The number of nitrogen functional groups attached to an aromatic ring is 1. The summed E-state index contributed by atoms with van der Waals surface area (Å²) < 4.78 is 10.3. The van der Waals surface area contributed by atoms with Crippen molar-refractivity contribution in [2.75, 3.05) is 24.8 Å². The van der Waals surface area contributed by atoms with Crippen LogP contribution in [0, 0.1) is 0 Å². The highest BCUT2D eigenvalue weighted by Gasteiger charge is 2.30. The Bertz CT molecular complexity index is 456. The van der Waals surface area contributed by atoms with Crippen LogP contribution in [0.15, 0.2) is 18.2 Å². The van der Waals surface area contributed by atoms with E-state index in [1.54, 1.807) is 18.2 Å². The molecule has 1 aromatic carbocycles. The highest BCUT2D eigenvalue weighted by atomic mass is 16.5. The third kappa shape index (κ3) is 2.98. The highest BCUT2D eigenvalue weighted by molar-refractivity contribution is 5.98. The lowest BCUT2D eigenvalue weighted by Gasteiger charge is -2.36. The van der Waals surface area contributed by atoms with Crippen LogP contribution in [0.3, 0.4) is 0 Å². The molecule has 0 amide bonds. The fraction of sp³-hybridized carbons (Fsp3) is 0.500. The van der Waals surface area contributed by atoms with Gasteiger partial charge < -0.3 is 20.5 Å². The van der Waals surface area contributed by atoms with Crippen LogP contribution in [-0.4, -0.2) is 31.8 Å². The van der Waals surface area contributed by atoms with E-state index in [2.05, 4.69) is 5.32 Å². The van der Waals surface area contributed by atoms with Gasteiger partial charge in [0.15, 0.2) is 0 Å².